The molecule has 0 radical (unpaired) electrons. The van der Waals surface area contributed by atoms with Gasteiger partial charge in [0, 0.05) is 26.1 Å². The van der Waals surface area contributed by atoms with Gasteiger partial charge in [-0.1, -0.05) is 5.16 Å². The number of carbonyl (C=O) groups is 1. The normalized spacial score (nSPS) is 18.6. The summed E-state index contributed by atoms with van der Waals surface area (Å²) in [5, 5.41) is 5.99. The molecule has 2 aromatic rings. The quantitative estimate of drug-likeness (QED) is 0.866. The first-order chi connectivity index (χ1) is 10.7. The van der Waals surface area contributed by atoms with E-state index in [2.05, 4.69) is 10.1 Å². The highest BCUT2D eigenvalue weighted by molar-refractivity contribution is 7.12. The summed E-state index contributed by atoms with van der Waals surface area (Å²) in [6.07, 6.45) is 1.92. The van der Waals surface area contributed by atoms with E-state index >= 15 is 0 Å². The number of hydrogen-bond donors (Lipinski definition) is 0. The van der Waals surface area contributed by atoms with Crippen LogP contribution in [0.3, 0.4) is 0 Å². The standard InChI is InChI=1S/C15H19N3O3S/c1-10-5-7-22-13(10)15(19)18-6-3-4-11(8-18)14-16-12(9-20-2)21-17-14/h5,7,11H,3-4,6,8-9H2,1-2H3. The minimum absolute atomic E-state index is 0.109. The summed E-state index contributed by atoms with van der Waals surface area (Å²) in [6, 6.07) is 1.98. The Kier molecular flexibility index (Phi) is 4.54. The lowest BCUT2D eigenvalue weighted by Crippen LogP contribution is -2.39. The second kappa shape index (κ2) is 6.58. The molecule has 118 valence electrons. The minimum atomic E-state index is 0.109. The van der Waals surface area contributed by atoms with Crippen LogP contribution in [0.25, 0.3) is 0 Å². The maximum Gasteiger partial charge on any atom is 0.264 e. The third-order valence-corrected chi connectivity index (χ3v) is 4.89. The van der Waals surface area contributed by atoms with Crippen LogP contribution in [0, 0.1) is 6.92 Å². The number of aryl methyl sites for hydroxylation is 1. The summed E-state index contributed by atoms with van der Waals surface area (Å²) < 4.78 is 10.1. The van der Waals surface area contributed by atoms with Crippen molar-refractivity contribution < 1.29 is 14.1 Å². The molecule has 1 aliphatic heterocycles. The van der Waals surface area contributed by atoms with Crippen LogP contribution in [0.15, 0.2) is 16.0 Å². The number of hydrogen-bond acceptors (Lipinski definition) is 6. The molecule has 3 heterocycles. The monoisotopic (exact) mass is 321 g/mol. The van der Waals surface area contributed by atoms with Gasteiger partial charge < -0.3 is 14.2 Å². The molecule has 2 aromatic heterocycles. The van der Waals surface area contributed by atoms with Gasteiger partial charge in [-0.3, -0.25) is 4.79 Å². The summed E-state index contributed by atoms with van der Waals surface area (Å²) in [6.45, 7) is 3.72. The molecule has 0 spiro atoms. The third-order valence-electron chi connectivity index (χ3n) is 3.88. The van der Waals surface area contributed by atoms with Gasteiger partial charge in [0.1, 0.15) is 6.61 Å². The van der Waals surface area contributed by atoms with E-state index in [1.165, 1.54) is 11.3 Å². The number of carbonyl (C=O) groups excluding carboxylic acids is 1. The van der Waals surface area contributed by atoms with E-state index < -0.39 is 0 Å². The molecule has 0 aromatic carbocycles. The second-order valence-corrected chi connectivity index (χ2v) is 6.42. The van der Waals surface area contributed by atoms with Crippen molar-refractivity contribution in [1.29, 1.82) is 0 Å². The van der Waals surface area contributed by atoms with Crippen LogP contribution < -0.4 is 0 Å². The van der Waals surface area contributed by atoms with Crippen LogP contribution in [0.5, 0.6) is 0 Å². The molecule has 22 heavy (non-hydrogen) atoms. The Hall–Kier alpha value is -1.73. The van der Waals surface area contributed by atoms with Gasteiger partial charge in [-0.05, 0) is 36.8 Å². The molecule has 0 N–H and O–H groups in total. The molecular formula is C15H19N3O3S. The van der Waals surface area contributed by atoms with Crippen molar-refractivity contribution in [3.63, 3.8) is 0 Å². The van der Waals surface area contributed by atoms with E-state index in [4.69, 9.17) is 9.26 Å². The zero-order chi connectivity index (χ0) is 15.5. The average molecular weight is 321 g/mol. The van der Waals surface area contributed by atoms with E-state index in [9.17, 15) is 4.79 Å². The molecule has 7 heteroatoms. The van der Waals surface area contributed by atoms with Crippen molar-refractivity contribution in [2.75, 3.05) is 20.2 Å². The Morgan fingerprint density at radius 1 is 1.59 bits per heavy atom. The fraction of sp³-hybridized carbons (Fsp3) is 0.533. The third kappa shape index (κ3) is 3.05. The van der Waals surface area contributed by atoms with Crippen molar-refractivity contribution in [3.05, 3.63) is 33.6 Å². The molecule has 1 atom stereocenters. The number of thiophene rings is 1. The predicted molar refractivity (Wildman–Crippen MR) is 81.9 cm³/mol. The molecule has 1 aliphatic rings. The summed E-state index contributed by atoms with van der Waals surface area (Å²) in [4.78, 5) is 19.7. The zero-order valence-corrected chi connectivity index (χ0v) is 13.6. The first-order valence-corrected chi connectivity index (χ1v) is 8.21. The number of aromatic nitrogens is 2. The number of piperidine rings is 1. The highest BCUT2D eigenvalue weighted by atomic mass is 32.1. The zero-order valence-electron chi connectivity index (χ0n) is 12.7. The lowest BCUT2D eigenvalue weighted by Gasteiger charge is -2.31. The molecule has 3 rings (SSSR count). The van der Waals surface area contributed by atoms with E-state index in [1.807, 2.05) is 23.3 Å². The summed E-state index contributed by atoms with van der Waals surface area (Å²) >= 11 is 1.50. The fourth-order valence-corrected chi connectivity index (χ4v) is 3.62. The summed E-state index contributed by atoms with van der Waals surface area (Å²) in [5.74, 6) is 1.40. The van der Waals surface area contributed by atoms with Crippen molar-refractivity contribution in [3.8, 4) is 0 Å². The van der Waals surface area contributed by atoms with Crippen LogP contribution in [0.4, 0.5) is 0 Å². The maximum atomic E-state index is 12.6. The molecule has 0 bridgehead atoms. The largest absolute Gasteiger partial charge is 0.375 e. The molecule has 1 saturated heterocycles. The number of ether oxygens (including phenoxy) is 1. The Morgan fingerprint density at radius 2 is 2.45 bits per heavy atom. The van der Waals surface area contributed by atoms with Crippen LogP contribution in [0.1, 0.15) is 45.7 Å². The van der Waals surface area contributed by atoms with Crippen molar-refractivity contribution >= 4 is 17.2 Å². The van der Waals surface area contributed by atoms with Gasteiger partial charge in [-0.25, -0.2) is 0 Å². The summed E-state index contributed by atoms with van der Waals surface area (Å²) in [7, 11) is 1.59. The fourth-order valence-electron chi connectivity index (χ4n) is 2.72. The van der Waals surface area contributed by atoms with Crippen molar-refractivity contribution in [2.24, 2.45) is 0 Å². The van der Waals surface area contributed by atoms with E-state index in [-0.39, 0.29) is 11.8 Å². The smallest absolute Gasteiger partial charge is 0.264 e. The number of amides is 1. The Labute approximate surface area is 133 Å². The van der Waals surface area contributed by atoms with E-state index in [1.54, 1.807) is 7.11 Å². The lowest BCUT2D eigenvalue weighted by molar-refractivity contribution is 0.0708. The molecular weight excluding hydrogens is 302 g/mol. The number of likely N-dealkylation sites (tertiary alicyclic amines) is 1. The first-order valence-electron chi connectivity index (χ1n) is 7.34. The highest BCUT2D eigenvalue weighted by Gasteiger charge is 2.29. The van der Waals surface area contributed by atoms with Gasteiger partial charge in [0.25, 0.3) is 11.8 Å². The van der Waals surface area contributed by atoms with E-state index in [0.717, 1.165) is 29.8 Å². The second-order valence-electron chi connectivity index (χ2n) is 5.50. The molecule has 0 aliphatic carbocycles. The van der Waals surface area contributed by atoms with Gasteiger partial charge in [-0.2, -0.15) is 4.98 Å². The molecule has 6 nitrogen and oxygen atoms in total. The summed E-state index contributed by atoms with van der Waals surface area (Å²) in [5.41, 5.74) is 1.04. The first kappa shape index (κ1) is 15.2. The Bertz CT molecular complexity index is 652. The topological polar surface area (TPSA) is 68.5 Å². The predicted octanol–water partition coefficient (Wildman–Crippen LogP) is 2.61. The highest BCUT2D eigenvalue weighted by Crippen LogP contribution is 2.27. The molecule has 1 unspecified atom stereocenters. The van der Waals surface area contributed by atoms with Crippen LogP contribution in [-0.4, -0.2) is 41.1 Å². The van der Waals surface area contributed by atoms with E-state index in [0.29, 0.717) is 24.9 Å². The Morgan fingerprint density at radius 3 is 3.18 bits per heavy atom. The molecule has 0 saturated carbocycles. The number of nitrogens with zero attached hydrogens (tertiary/aromatic N) is 3. The Balaban J connectivity index is 1.71. The minimum Gasteiger partial charge on any atom is -0.375 e. The van der Waals surface area contributed by atoms with Crippen molar-refractivity contribution in [1.82, 2.24) is 15.0 Å². The SMILES string of the molecule is COCc1nc(C2CCCN(C(=O)c3sccc3C)C2)no1. The van der Waals surface area contributed by atoms with Crippen LogP contribution in [-0.2, 0) is 11.3 Å². The molecule has 1 fully saturated rings. The van der Waals surface area contributed by atoms with Crippen LogP contribution >= 0.6 is 11.3 Å². The van der Waals surface area contributed by atoms with Gasteiger partial charge >= 0.3 is 0 Å². The maximum absolute atomic E-state index is 12.6. The number of rotatable bonds is 4. The van der Waals surface area contributed by atoms with Gasteiger partial charge in [0.05, 0.1) is 4.88 Å². The van der Waals surface area contributed by atoms with Crippen LogP contribution in [0.2, 0.25) is 0 Å². The van der Waals surface area contributed by atoms with Gasteiger partial charge in [0.2, 0.25) is 0 Å². The van der Waals surface area contributed by atoms with Crippen molar-refractivity contribution in [2.45, 2.75) is 32.3 Å². The van der Waals surface area contributed by atoms with Gasteiger partial charge in [-0.15, -0.1) is 11.3 Å². The van der Waals surface area contributed by atoms with Gasteiger partial charge in [0.15, 0.2) is 5.82 Å². The lowest BCUT2D eigenvalue weighted by atomic mass is 9.97. The molecule has 1 amide bonds. The average Bonchev–Trinajstić information content (AvgIpc) is 3.16. The number of methoxy groups -OCH3 is 1.